The number of imide groups is 2. The van der Waals surface area contributed by atoms with Crippen LogP contribution in [0.1, 0.15) is 12.0 Å². The average Bonchev–Trinajstić information content (AvgIpc) is 3.46. The number of barbiturate groups is 1. The Morgan fingerprint density at radius 3 is 2.20 bits per heavy atom. The number of urea groups is 1. The fraction of sp³-hybridized carbons (Fsp3) is 0.138. The number of carbonyl (C=O) groups is 3. The lowest BCUT2D eigenvalue weighted by Crippen LogP contribution is -2.69. The van der Waals surface area contributed by atoms with Crippen molar-refractivity contribution in [2.24, 2.45) is 0 Å². The molecule has 200 valence electrons. The Labute approximate surface area is 228 Å². The Hall–Kier alpha value is -5.47. The van der Waals surface area contributed by atoms with Gasteiger partial charge in [0, 0.05) is 24.7 Å². The van der Waals surface area contributed by atoms with Gasteiger partial charge in [-0.25, -0.2) is 9.78 Å². The first-order chi connectivity index (χ1) is 19.4. The second kappa shape index (κ2) is 11.1. The zero-order valence-electron chi connectivity index (χ0n) is 21.2. The Balaban J connectivity index is 1.26. The number of nitrogens with zero attached hydrogens (tertiary/aromatic N) is 2. The molecule has 0 radical (unpaired) electrons. The highest BCUT2D eigenvalue weighted by atomic mass is 16.5. The average molecular weight is 539 g/mol. The molecule has 2 N–H and O–H groups in total. The van der Waals surface area contributed by atoms with Crippen molar-refractivity contribution in [2.45, 2.75) is 12.0 Å². The molecule has 1 saturated heterocycles. The summed E-state index contributed by atoms with van der Waals surface area (Å²) in [4.78, 5) is 41.2. The number of aromatic nitrogens is 1. The fourth-order valence-electron chi connectivity index (χ4n) is 4.02. The first-order valence-corrected chi connectivity index (χ1v) is 12.1. The molecular formula is C29H22N4O7. The minimum atomic E-state index is -1.96. The lowest BCUT2D eigenvalue weighted by molar-refractivity contribution is -0.153. The van der Waals surface area contributed by atoms with E-state index in [-0.39, 0.29) is 18.8 Å². The van der Waals surface area contributed by atoms with Gasteiger partial charge in [0.1, 0.15) is 29.2 Å². The molecule has 11 heteroatoms. The van der Waals surface area contributed by atoms with Crippen LogP contribution in [0.3, 0.4) is 0 Å². The summed E-state index contributed by atoms with van der Waals surface area (Å²) in [5.74, 6) is -0.0644. The SMILES string of the molecule is COCCC1(Oc2ccc(Oc3ccc(-c4nc(-c5cccc(C#N)c5)co4)cc3)cc2)C(=O)NC(=O)NC1=O. The van der Waals surface area contributed by atoms with Crippen LogP contribution in [0.25, 0.3) is 22.7 Å². The summed E-state index contributed by atoms with van der Waals surface area (Å²) in [6, 6.07) is 21.8. The summed E-state index contributed by atoms with van der Waals surface area (Å²) in [7, 11) is 1.43. The smallest absolute Gasteiger partial charge is 0.328 e. The van der Waals surface area contributed by atoms with Crippen LogP contribution in [0.5, 0.6) is 17.2 Å². The summed E-state index contributed by atoms with van der Waals surface area (Å²) in [6.07, 6.45) is 1.44. The Morgan fingerprint density at radius 1 is 0.900 bits per heavy atom. The molecule has 1 aromatic heterocycles. The highest BCUT2D eigenvalue weighted by Crippen LogP contribution is 2.30. The van der Waals surface area contributed by atoms with Gasteiger partial charge < -0.3 is 18.6 Å². The number of oxazole rings is 1. The van der Waals surface area contributed by atoms with Crippen molar-refractivity contribution in [1.82, 2.24) is 15.6 Å². The third-order valence-corrected chi connectivity index (χ3v) is 6.09. The van der Waals surface area contributed by atoms with E-state index >= 15 is 0 Å². The van der Waals surface area contributed by atoms with Crippen molar-refractivity contribution < 1.29 is 33.0 Å². The van der Waals surface area contributed by atoms with Crippen LogP contribution in [0.15, 0.2) is 83.5 Å². The number of nitrogens with one attached hydrogen (secondary N) is 2. The lowest BCUT2D eigenvalue weighted by Gasteiger charge is -2.34. The maximum atomic E-state index is 12.6. The van der Waals surface area contributed by atoms with Crippen LogP contribution in [0, 0.1) is 11.3 Å². The maximum Gasteiger partial charge on any atom is 0.328 e. The second-order valence-electron chi connectivity index (χ2n) is 8.74. The molecule has 0 saturated carbocycles. The summed E-state index contributed by atoms with van der Waals surface area (Å²) < 4.78 is 22.3. The summed E-state index contributed by atoms with van der Waals surface area (Å²) >= 11 is 0. The molecule has 5 rings (SSSR count). The number of benzene rings is 3. The fourth-order valence-corrected chi connectivity index (χ4v) is 4.02. The van der Waals surface area contributed by atoms with Gasteiger partial charge in [-0.2, -0.15) is 5.26 Å². The summed E-state index contributed by atoms with van der Waals surface area (Å²) in [5.41, 5.74) is 0.719. The zero-order chi connectivity index (χ0) is 28.1. The molecule has 3 aromatic carbocycles. The molecule has 4 aromatic rings. The van der Waals surface area contributed by atoms with Crippen LogP contribution in [0.4, 0.5) is 4.79 Å². The molecule has 2 heterocycles. The zero-order valence-corrected chi connectivity index (χ0v) is 21.2. The number of methoxy groups -OCH3 is 1. The maximum absolute atomic E-state index is 12.6. The molecule has 0 bridgehead atoms. The molecule has 1 aliphatic heterocycles. The number of amides is 4. The molecule has 40 heavy (non-hydrogen) atoms. The van der Waals surface area contributed by atoms with E-state index < -0.39 is 23.4 Å². The number of hydrogen-bond donors (Lipinski definition) is 2. The minimum Gasteiger partial charge on any atom is -0.467 e. The van der Waals surface area contributed by atoms with Gasteiger partial charge >= 0.3 is 6.03 Å². The molecule has 0 aliphatic carbocycles. The van der Waals surface area contributed by atoms with Gasteiger partial charge in [-0.15, -0.1) is 0 Å². The van der Waals surface area contributed by atoms with Crippen LogP contribution in [-0.4, -0.2) is 42.1 Å². The van der Waals surface area contributed by atoms with Gasteiger partial charge in [0.2, 0.25) is 5.89 Å². The van der Waals surface area contributed by atoms with E-state index in [1.807, 2.05) is 6.07 Å². The van der Waals surface area contributed by atoms with Crippen molar-refractivity contribution in [2.75, 3.05) is 13.7 Å². The van der Waals surface area contributed by atoms with Crippen molar-refractivity contribution >= 4 is 17.8 Å². The minimum absolute atomic E-state index is 0.0510. The number of ether oxygens (including phenoxy) is 3. The molecule has 0 unspecified atom stereocenters. The standard InChI is InChI=1S/C29H22N4O7/c1-37-14-13-29(26(34)32-28(36)33-27(29)35)40-23-11-9-22(10-12-23)39-21-7-5-19(6-8-21)25-31-24(17-38-25)20-4-2-3-18(15-20)16-30/h2-12,15,17H,13-14H2,1H3,(H2,32,33,34,35,36). The van der Waals surface area contributed by atoms with Gasteiger partial charge in [-0.05, 0) is 60.7 Å². The quantitative estimate of drug-likeness (QED) is 0.299. The Bertz CT molecular complexity index is 1580. The van der Waals surface area contributed by atoms with Gasteiger partial charge in [0.05, 0.1) is 18.2 Å². The van der Waals surface area contributed by atoms with E-state index in [2.05, 4.69) is 21.7 Å². The van der Waals surface area contributed by atoms with Crippen molar-refractivity contribution in [1.29, 1.82) is 5.26 Å². The molecule has 1 aliphatic rings. The van der Waals surface area contributed by atoms with Crippen LogP contribution >= 0.6 is 0 Å². The van der Waals surface area contributed by atoms with Crippen molar-refractivity contribution in [3.8, 4) is 46.0 Å². The molecule has 1 fully saturated rings. The van der Waals surface area contributed by atoms with E-state index in [4.69, 9.17) is 23.9 Å². The first kappa shape index (κ1) is 26.1. The predicted molar refractivity (Wildman–Crippen MR) is 140 cm³/mol. The van der Waals surface area contributed by atoms with Crippen LogP contribution in [0.2, 0.25) is 0 Å². The number of hydrogen-bond acceptors (Lipinski definition) is 9. The predicted octanol–water partition coefficient (Wildman–Crippen LogP) is 4.19. The van der Waals surface area contributed by atoms with Crippen LogP contribution < -0.4 is 20.1 Å². The molecule has 0 atom stereocenters. The monoisotopic (exact) mass is 538 g/mol. The van der Waals surface area contributed by atoms with Crippen LogP contribution in [-0.2, 0) is 14.3 Å². The Kier molecular flexibility index (Phi) is 7.26. The van der Waals surface area contributed by atoms with E-state index in [1.54, 1.807) is 66.7 Å². The first-order valence-electron chi connectivity index (χ1n) is 12.1. The summed E-state index contributed by atoms with van der Waals surface area (Å²) in [6.45, 7) is 0.0510. The Morgan fingerprint density at radius 2 is 1.55 bits per heavy atom. The van der Waals surface area contributed by atoms with E-state index in [1.165, 1.54) is 13.4 Å². The van der Waals surface area contributed by atoms with E-state index in [0.717, 1.165) is 11.1 Å². The lowest BCUT2D eigenvalue weighted by atomic mass is 9.95. The normalized spacial score (nSPS) is 14.2. The molecule has 11 nitrogen and oxygen atoms in total. The molecule has 4 amide bonds. The number of carbonyl (C=O) groups excluding carboxylic acids is 3. The van der Waals surface area contributed by atoms with Gasteiger partial charge in [0.25, 0.3) is 17.4 Å². The van der Waals surface area contributed by atoms with Gasteiger partial charge in [0.15, 0.2) is 0 Å². The highest BCUT2D eigenvalue weighted by molar-refractivity contribution is 6.21. The molecular weight excluding hydrogens is 516 g/mol. The van der Waals surface area contributed by atoms with Gasteiger partial charge in [-0.1, -0.05) is 12.1 Å². The highest BCUT2D eigenvalue weighted by Gasteiger charge is 2.52. The third kappa shape index (κ3) is 5.38. The largest absolute Gasteiger partial charge is 0.467 e. The second-order valence-corrected chi connectivity index (χ2v) is 8.74. The molecule has 0 spiro atoms. The van der Waals surface area contributed by atoms with Crippen molar-refractivity contribution in [3.63, 3.8) is 0 Å². The van der Waals surface area contributed by atoms with Crippen molar-refractivity contribution in [3.05, 3.63) is 84.6 Å². The van der Waals surface area contributed by atoms with Gasteiger partial charge in [-0.3, -0.25) is 20.2 Å². The number of rotatable bonds is 9. The number of nitriles is 1. The third-order valence-electron chi connectivity index (χ3n) is 6.09. The van der Waals surface area contributed by atoms with E-state index in [9.17, 15) is 14.4 Å². The van der Waals surface area contributed by atoms with E-state index in [0.29, 0.717) is 28.6 Å². The topological polar surface area (TPSA) is 153 Å². The summed E-state index contributed by atoms with van der Waals surface area (Å²) in [5, 5.41) is 13.2.